The first kappa shape index (κ1) is 12.9. The van der Waals surface area contributed by atoms with Gasteiger partial charge in [0, 0.05) is 20.7 Å². The maximum absolute atomic E-state index is 11.3. The van der Waals surface area contributed by atoms with Crippen LogP contribution in [0, 0.1) is 0 Å². The van der Waals surface area contributed by atoms with Crippen LogP contribution in [0.2, 0.25) is 0 Å². The number of hydrogen-bond donors (Lipinski definition) is 2. The van der Waals surface area contributed by atoms with Crippen LogP contribution in [0.3, 0.4) is 0 Å². The average molecular weight is 204 g/mol. The Kier molecular flexibility index (Phi) is 5.82. The van der Waals surface area contributed by atoms with E-state index in [0.717, 1.165) is 4.90 Å². The molecule has 0 aliphatic rings. The van der Waals surface area contributed by atoms with E-state index in [1.54, 1.807) is 0 Å². The van der Waals surface area contributed by atoms with Crippen molar-refractivity contribution in [2.24, 2.45) is 5.73 Å². The van der Waals surface area contributed by atoms with E-state index in [0.29, 0.717) is 0 Å². The molecule has 1 atom stereocenters. The van der Waals surface area contributed by atoms with E-state index in [1.807, 2.05) is 0 Å². The number of amides is 1. The van der Waals surface area contributed by atoms with Crippen LogP contribution in [0.4, 0.5) is 0 Å². The normalized spacial score (nSPS) is 12.2. The largest absolute Gasteiger partial charge is 0.480 e. The number of rotatable bonds is 6. The molecule has 3 N–H and O–H groups in total. The zero-order chi connectivity index (χ0) is 11.1. The predicted molar refractivity (Wildman–Crippen MR) is 49.7 cm³/mol. The van der Waals surface area contributed by atoms with Crippen molar-refractivity contribution in [3.05, 3.63) is 0 Å². The Hall–Kier alpha value is -1.14. The van der Waals surface area contributed by atoms with Crippen molar-refractivity contribution < 1.29 is 19.4 Å². The van der Waals surface area contributed by atoms with Gasteiger partial charge in [-0.2, -0.15) is 0 Å². The number of likely N-dealkylation sites (N-methyl/N-ethyl adjacent to an activating group) is 1. The van der Waals surface area contributed by atoms with Crippen molar-refractivity contribution in [3.8, 4) is 0 Å². The van der Waals surface area contributed by atoms with Crippen molar-refractivity contribution in [3.63, 3.8) is 0 Å². The molecule has 0 aromatic carbocycles. The molecule has 0 aliphatic heterocycles. The molecule has 0 fully saturated rings. The number of hydrogen-bond acceptors (Lipinski definition) is 4. The van der Waals surface area contributed by atoms with Crippen LogP contribution in [0.15, 0.2) is 0 Å². The molecule has 0 spiro atoms. The first-order valence-corrected chi connectivity index (χ1v) is 4.19. The first-order valence-electron chi connectivity index (χ1n) is 4.19. The van der Waals surface area contributed by atoms with E-state index in [2.05, 4.69) is 0 Å². The topological polar surface area (TPSA) is 92.9 Å². The summed E-state index contributed by atoms with van der Waals surface area (Å²) in [6.45, 7) is -0.0665. The van der Waals surface area contributed by atoms with Crippen LogP contribution in [0.1, 0.15) is 6.42 Å². The minimum Gasteiger partial charge on any atom is -0.480 e. The Morgan fingerprint density at radius 3 is 2.50 bits per heavy atom. The highest BCUT2D eigenvalue weighted by Crippen LogP contribution is 1.98. The fourth-order valence-electron chi connectivity index (χ4n) is 0.905. The molecule has 1 amide bonds. The Morgan fingerprint density at radius 1 is 1.57 bits per heavy atom. The molecule has 0 radical (unpaired) electrons. The van der Waals surface area contributed by atoms with E-state index in [9.17, 15) is 9.59 Å². The lowest BCUT2D eigenvalue weighted by Gasteiger charge is -2.18. The van der Waals surface area contributed by atoms with Gasteiger partial charge in [-0.15, -0.1) is 0 Å². The summed E-state index contributed by atoms with van der Waals surface area (Å²) >= 11 is 0. The summed E-state index contributed by atoms with van der Waals surface area (Å²) in [6.07, 6.45) is -0.240. The molecule has 0 aliphatic carbocycles. The van der Waals surface area contributed by atoms with Crippen molar-refractivity contribution in [1.82, 2.24) is 4.90 Å². The number of ether oxygens (including phenoxy) is 1. The number of carboxylic acids is 1. The van der Waals surface area contributed by atoms with Crippen LogP contribution in [-0.4, -0.2) is 55.2 Å². The summed E-state index contributed by atoms with van der Waals surface area (Å²) in [7, 11) is 2.89. The zero-order valence-electron chi connectivity index (χ0n) is 8.40. The van der Waals surface area contributed by atoms with Crippen LogP contribution in [-0.2, 0) is 14.3 Å². The maximum Gasteiger partial charge on any atom is 0.323 e. The number of aliphatic carboxylic acids is 1. The van der Waals surface area contributed by atoms with Crippen molar-refractivity contribution in [2.75, 3.05) is 27.2 Å². The lowest BCUT2D eigenvalue weighted by atomic mass is 10.2. The van der Waals surface area contributed by atoms with Gasteiger partial charge >= 0.3 is 5.97 Å². The smallest absolute Gasteiger partial charge is 0.323 e. The second kappa shape index (κ2) is 6.33. The summed E-state index contributed by atoms with van der Waals surface area (Å²) in [4.78, 5) is 22.8. The molecule has 0 bridgehead atoms. The fraction of sp³-hybridized carbons (Fsp3) is 0.750. The summed E-state index contributed by atoms with van der Waals surface area (Å²) in [5, 5.41) is 8.43. The lowest BCUT2D eigenvalue weighted by Crippen LogP contribution is -2.36. The van der Waals surface area contributed by atoms with Gasteiger partial charge in [0.25, 0.3) is 0 Å². The van der Waals surface area contributed by atoms with E-state index in [1.165, 1.54) is 14.2 Å². The molecule has 0 saturated heterocycles. The van der Waals surface area contributed by atoms with Crippen LogP contribution < -0.4 is 5.73 Å². The minimum absolute atomic E-state index is 0.108. The summed E-state index contributed by atoms with van der Waals surface area (Å²) in [6, 6.07) is 0. The molecule has 14 heavy (non-hydrogen) atoms. The SMILES string of the molecule is COC(CN)CC(=O)N(C)CC(=O)O. The Morgan fingerprint density at radius 2 is 2.14 bits per heavy atom. The number of carbonyl (C=O) groups excluding carboxylic acids is 1. The van der Waals surface area contributed by atoms with Gasteiger partial charge in [-0.05, 0) is 0 Å². The van der Waals surface area contributed by atoms with Crippen LogP contribution in [0.25, 0.3) is 0 Å². The van der Waals surface area contributed by atoms with Gasteiger partial charge in [0.15, 0.2) is 0 Å². The third kappa shape index (κ3) is 4.78. The average Bonchev–Trinajstić information content (AvgIpc) is 2.12. The van der Waals surface area contributed by atoms with E-state index >= 15 is 0 Å². The van der Waals surface area contributed by atoms with Crippen LogP contribution >= 0.6 is 0 Å². The number of carboxylic acid groups (broad SMARTS) is 1. The molecule has 6 heteroatoms. The number of carbonyl (C=O) groups is 2. The van der Waals surface area contributed by atoms with Gasteiger partial charge < -0.3 is 20.5 Å². The molecular formula is C8H16N2O4. The highest BCUT2D eigenvalue weighted by molar-refractivity contribution is 5.81. The van der Waals surface area contributed by atoms with Gasteiger partial charge in [0.2, 0.25) is 5.91 Å². The zero-order valence-corrected chi connectivity index (χ0v) is 8.40. The van der Waals surface area contributed by atoms with Crippen molar-refractivity contribution in [2.45, 2.75) is 12.5 Å². The molecule has 0 heterocycles. The second-order valence-corrected chi connectivity index (χ2v) is 2.94. The van der Waals surface area contributed by atoms with E-state index < -0.39 is 5.97 Å². The quantitative estimate of drug-likeness (QED) is 0.572. The molecule has 0 aromatic heterocycles. The number of nitrogens with two attached hydrogens (primary N) is 1. The van der Waals surface area contributed by atoms with E-state index in [-0.39, 0.29) is 31.5 Å². The first-order chi connectivity index (χ1) is 6.51. The van der Waals surface area contributed by atoms with Gasteiger partial charge in [0.05, 0.1) is 12.5 Å². The second-order valence-electron chi connectivity index (χ2n) is 2.94. The molecule has 1 unspecified atom stereocenters. The van der Waals surface area contributed by atoms with Gasteiger partial charge in [-0.1, -0.05) is 0 Å². The Labute approximate surface area is 82.6 Å². The summed E-state index contributed by atoms with van der Waals surface area (Å²) in [5.74, 6) is -1.33. The number of methoxy groups -OCH3 is 1. The maximum atomic E-state index is 11.3. The van der Waals surface area contributed by atoms with Crippen LogP contribution in [0.5, 0.6) is 0 Å². The molecule has 6 nitrogen and oxygen atoms in total. The van der Waals surface area contributed by atoms with Crippen molar-refractivity contribution in [1.29, 1.82) is 0 Å². The molecule has 0 aromatic rings. The third-order valence-electron chi connectivity index (χ3n) is 1.80. The van der Waals surface area contributed by atoms with Gasteiger partial charge in [0.1, 0.15) is 6.54 Å². The van der Waals surface area contributed by atoms with Gasteiger partial charge in [-0.3, -0.25) is 9.59 Å². The Bertz CT molecular complexity index is 204. The monoisotopic (exact) mass is 204 g/mol. The Balaban J connectivity index is 3.99. The number of nitrogens with zero attached hydrogens (tertiary/aromatic N) is 1. The van der Waals surface area contributed by atoms with Gasteiger partial charge in [-0.25, -0.2) is 0 Å². The lowest BCUT2D eigenvalue weighted by molar-refractivity contribution is -0.144. The highest BCUT2D eigenvalue weighted by Gasteiger charge is 2.16. The van der Waals surface area contributed by atoms with E-state index in [4.69, 9.17) is 15.6 Å². The van der Waals surface area contributed by atoms with Crippen molar-refractivity contribution >= 4 is 11.9 Å². The molecule has 82 valence electrons. The third-order valence-corrected chi connectivity index (χ3v) is 1.80. The standard InChI is InChI=1S/C8H16N2O4/c1-10(5-8(12)13)7(11)3-6(4-9)14-2/h6H,3-5,9H2,1-2H3,(H,12,13). The minimum atomic E-state index is -1.04. The predicted octanol–water partition coefficient (Wildman–Crippen LogP) is -1.11. The summed E-state index contributed by atoms with van der Waals surface area (Å²) < 4.78 is 4.91. The molecule has 0 saturated carbocycles. The fourth-order valence-corrected chi connectivity index (χ4v) is 0.905. The summed E-state index contributed by atoms with van der Waals surface area (Å²) in [5.41, 5.74) is 5.32. The molecule has 0 rings (SSSR count). The highest BCUT2D eigenvalue weighted by atomic mass is 16.5. The molecular weight excluding hydrogens is 188 g/mol.